The van der Waals surface area contributed by atoms with E-state index in [1.807, 2.05) is 13.0 Å². The summed E-state index contributed by atoms with van der Waals surface area (Å²) in [7, 11) is 0. The first-order valence-electron chi connectivity index (χ1n) is 11.2. The second-order valence-corrected chi connectivity index (χ2v) is 8.19. The number of non-ortho nitro benzene ring substituents is 1. The minimum absolute atomic E-state index is 0.0920. The molecule has 0 saturated heterocycles. The van der Waals surface area contributed by atoms with Crippen LogP contribution in [-0.4, -0.2) is 23.1 Å². The molecule has 0 spiro atoms. The van der Waals surface area contributed by atoms with Gasteiger partial charge in [-0.2, -0.15) is 0 Å². The fourth-order valence-electron chi connectivity index (χ4n) is 3.29. The molecule has 0 aliphatic carbocycles. The lowest BCUT2D eigenvalue weighted by atomic mass is 10.1. The van der Waals surface area contributed by atoms with Crippen LogP contribution in [0.25, 0.3) is 10.9 Å². The molecule has 0 saturated carbocycles. The van der Waals surface area contributed by atoms with Crippen molar-refractivity contribution in [2.75, 3.05) is 13.2 Å². The highest BCUT2D eigenvalue weighted by Crippen LogP contribution is 2.33. The van der Waals surface area contributed by atoms with Gasteiger partial charge in [-0.25, -0.2) is 0 Å². The molecule has 1 N–H and O–H groups in total. The van der Waals surface area contributed by atoms with Gasteiger partial charge in [-0.05, 0) is 52.2 Å². The predicted octanol–water partition coefficient (Wildman–Crippen LogP) is 6.47. The van der Waals surface area contributed by atoms with Crippen molar-refractivity contribution in [2.45, 2.75) is 66.2 Å². The average molecular weight is 443 g/mol. The van der Waals surface area contributed by atoms with Gasteiger partial charge in [0.05, 0.1) is 17.0 Å². The topological polar surface area (TPSA) is 94.5 Å². The Hall–Kier alpha value is -3.09. The van der Waals surface area contributed by atoms with Gasteiger partial charge in [0.1, 0.15) is 6.61 Å². The van der Waals surface area contributed by atoms with Crippen molar-refractivity contribution in [1.82, 2.24) is 4.98 Å². The predicted molar refractivity (Wildman–Crippen MR) is 129 cm³/mol. The van der Waals surface area contributed by atoms with Crippen molar-refractivity contribution < 1.29 is 14.4 Å². The largest absolute Gasteiger partial charge is 0.489 e. The number of nitro groups is 1. The Labute approximate surface area is 189 Å². The van der Waals surface area contributed by atoms with Crippen molar-refractivity contribution >= 4 is 16.6 Å². The molecule has 0 amide bonds. The summed E-state index contributed by atoms with van der Waals surface area (Å²) in [6.45, 7) is 9.02. The van der Waals surface area contributed by atoms with Crippen molar-refractivity contribution in [3.63, 3.8) is 0 Å². The maximum atomic E-state index is 12.7. The highest BCUT2D eigenvalue weighted by atomic mass is 16.6. The first-order valence-corrected chi connectivity index (χ1v) is 11.2. The van der Waals surface area contributed by atoms with Crippen LogP contribution in [0.5, 0.6) is 11.5 Å². The Bertz CT molecular complexity index is 1030. The number of hydrogen-bond acceptors (Lipinski definition) is 5. The summed E-state index contributed by atoms with van der Waals surface area (Å²) in [5.74, 6) is 0.445. The van der Waals surface area contributed by atoms with Crippen LogP contribution < -0.4 is 15.0 Å². The number of unbranched alkanes of at least 4 members (excludes halogenated alkanes) is 3. The number of nitrogens with one attached hydrogen (secondary N) is 1. The van der Waals surface area contributed by atoms with E-state index in [9.17, 15) is 14.9 Å². The Morgan fingerprint density at radius 1 is 1.09 bits per heavy atom. The molecule has 0 aliphatic rings. The fourth-order valence-corrected chi connectivity index (χ4v) is 3.29. The highest BCUT2D eigenvalue weighted by molar-refractivity contribution is 5.88. The van der Waals surface area contributed by atoms with E-state index in [0.29, 0.717) is 23.3 Å². The van der Waals surface area contributed by atoms with Crippen LogP contribution in [0.3, 0.4) is 0 Å². The lowest BCUT2D eigenvalue weighted by Gasteiger charge is -2.14. The van der Waals surface area contributed by atoms with Crippen LogP contribution in [0, 0.1) is 10.1 Å². The zero-order valence-corrected chi connectivity index (χ0v) is 19.5. The molecule has 32 heavy (non-hydrogen) atoms. The SMILES string of the molecule is CCCCCCOc1c(OC/C=C(\C)CCC=C(C)C)c(=O)[nH]c2cc([N+](=O)[O-])ccc12. The van der Waals surface area contributed by atoms with E-state index in [4.69, 9.17) is 9.47 Å². The number of fused-ring (bicyclic) bond motifs is 1. The summed E-state index contributed by atoms with van der Waals surface area (Å²) >= 11 is 0. The number of hydrogen-bond donors (Lipinski definition) is 1. The minimum atomic E-state index is -0.490. The molecule has 0 atom stereocenters. The summed E-state index contributed by atoms with van der Waals surface area (Å²) in [6, 6.07) is 4.34. The molecule has 1 heterocycles. The summed E-state index contributed by atoms with van der Waals surface area (Å²) in [4.78, 5) is 26.1. The van der Waals surface area contributed by atoms with E-state index in [2.05, 4.69) is 31.8 Å². The molecule has 7 nitrogen and oxygen atoms in total. The molecular weight excluding hydrogens is 408 g/mol. The minimum Gasteiger partial charge on any atom is -0.489 e. The van der Waals surface area contributed by atoms with Crippen LogP contribution >= 0.6 is 0 Å². The van der Waals surface area contributed by atoms with E-state index in [1.54, 1.807) is 6.07 Å². The zero-order chi connectivity index (χ0) is 23.5. The molecule has 174 valence electrons. The van der Waals surface area contributed by atoms with Gasteiger partial charge in [-0.3, -0.25) is 14.9 Å². The Morgan fingerprint density at radius 2 is 1.88 bits per heavy atom. The van der Waals surface area contributed by atoms with Crippen LogP contribution in [-0.2, 0) is 0 Å². The molecule has 1 aromatic heterocycles. The maximum absolute atomic E-state index is 12.7. The van der Waals surface area contributed by atoms with E-state index in [-0.39, 0.29) is 18.0 Å². The third-order valence-corrected chi connectivity index (χ3v) is 5.11. The van der Waals surface area contributed by atoms with Gasteiger partial charge in [0.25, 0.3) is 11.2 Å². The first-order chi connectivity index (χ1) is 15.3. The van der Waals surface area contributed by atoms with Gasteiger partial charge in [0.2, 0.25) is 5.75 Å². The standard InChI is InChI=1S/C25H34N2O5/c1-5-6-7-8-15-31-23-21-13-12-20(27(29)30)17-22(21)26-25(28)24(23)32-16-14-19(4)11-9-10-18(2)3/h10,12-14,17H,5-9,11,15-16H2,1-4H3,(H,26,28)/b19-14+. The highest BCUT2D eigenvalue weighted by Gasteiger charge is 2.18. The van der Waals surface area contributed by atoms with Gasteiger partial charge in [-0.15, -0.1) is 0 Å². The van der Waals surface area contributed by atoms with Crippen molar-refractivity contribution in [2.24, 2.45) is 0 Å². The van der Waals surface area contributed by atoms with Gasteiger partial charge in [0.15, 0.2) is 5.75 Å². The molecule has 2 rings (SSSR count). The quantitative estimate of drug-likeness (QED) is 0.166. The van der Waals surface area contributed by atoms with Crippen molar-refractivity contribution in [3.05, 3.63) is 62.0 Å². The van der Waals surface area contributed by atoms with Crippen LogP contribution in [0.15, 0.2) is 46.3 Å². The molecule has 0 bridgehead atoms. The third kappa shape index (κ3) is 7.55. The molecule has 0 fully saturated rings. The van der Waals surface area contributed by atoms with Crippen LogP contribution in [0.1, 0.15) is 66.2 Å². The van der Waals surface area contributed by atoms with Crippen LogP contribution in [0.4, 0.5) is 5.69 Å². The average Bonchev–Trinajstić information content (AvgIpc) is 2.74. The van der Waals surface area contributed by atoms with E-state index < -0.39 is 10.5 Å². The van der Waals surface area contributed by atoms with Gasteiger partial charge < -0.3 is 14.5 Å². The smallest absolute Gasteiger partial charge is 0.294 e. The number of aromatic nitrogens is 1. The normalized spacial score (nSPS) is 11.4. The number of nitro benzene ring substituents is 1. The number of H-pyrrole nitrogens is 1. The monoisotopic (exact) mass is 442 g/mol. The third-order valence-electron chi connectivity index (χ3n) is 5.11. The van der Waals surface area contributed by atoms with Gasteiger partial charge in [-0.1, -0.05) is 43.4 Å². The number of rotatable bonds is 13. The molecular formula is C25H34N2O5. The summed E-state index contributed by atoms with van der Waals surface area (Å²) in [5, 5.41) is 11.7. The molecule has 0 unspecified atom stereocenters. The summed E-state index contributed by atoms with van der Waals surface area (Å²) < 4.78 is 11.8. The summed E-state index contributed by atoms with van der Waals surface area (Å²) in [6.07, 6.45) is 10.2. The second-order valence-electron chi connectivity index (χ2n) is 8.19. The van der Waals surface area contributed by atoms with Crippen molar-refractivity contribution in [1.29, 1.82) is 0 Å². The molecule has 1 aromatic carbocycles. The van der Waals surface area contributed by atoms with Gasteiger partial charge in [0, 0.05) is 17.5 Å². The first kappa shape index (κ1) is 25.2. The lowest BCUT2D eigenvalue weighted by Crippen LogP contribution is -2.14. The lowest BCUT2D eigenvalue weighted by molar-refractivity contribution is -0.384. The number of aromatic amines is 1. The van der Waals surface area contributed by atoms with E-state index in [0.717, 1.165) is 38.5 Å². The summed E-state index contributed by atoms with van der Waals surface area (Å²) in [5.41, 5.74) is 2.27. The van der Waals surface area contributed by atoms with Crippen molar-refractivity contribution in [3.8, 4) is 11.5 Å². The van der Waals surface area contributed by atoms with E-state index in [1.165, 1.54) is 23.3 Å². The Kier molecular flexibility index (Phi) is 9.98. The fraction of sp³-hybridized carbons (Fsp3) is 0.480. The Morgan fingerprint density at radius 3 is 2.56 bits per heavy atom. The van der Waals surface area contributed by atoms with Gasteiger partial charge >= 0.3 is 0 Å². The molecule has 0 radical (unpaired) electrons. The molecule has 7 heteroatoms. The zero-order valence-electron chi connectivity index (χ0n) is 19.5. The molecule has 0 aliphatic heterocycles. The maximum Gasteiger partial charge on any atom is 0.294 e. The molecule has 2 aromatic rings. The van der Waals surface area contributed by atoms with E-state index >= 15 is 0 Å². The number of pyridine rings is 1. The number of allylic oxidation sites excluding steroid dienone is 3. The Balaban J connectivity index is 2.27. The number of ether oxygens (including phenoxy) is 2. The van der Waals surface area contributed by atoms with Crippen LogP contribution in [0.2, 0.25) is 0 Å². The number of nitrogens with zero attached hydrogens (tertiary/aromatic N) is 1. The number of benzene rings is 1. The second kappa shape index (κ2) is 12.7.